The summed E-state index contributed by atoms with van der Waals surface area (Å²) >= 11 is 0. The molecule has 0 spiro atoms. The van der Waals surface area contributed by atoms with Gasteiger partial charge in [0.2, 0.25) is 0 Å². The molecule has 144 valence electrons. The Morgan fingerprint density at radius 3 is 2.63 bits per heavy atom. The van der Waals surface area contributed by atoms with Crippen LogP contribution < -0.4 is 4.74 Å². The molecule has 1 aromatic carbocycles. The third-order valence-corrected chi connectivity index (χ3v) is 4.13. The molecule has 3 rings (SSSR count). The van der Waals surface area contributed by atoms with Crippen LogP contribution in [0.4, 0.5) is 0 Å². The number of ether oxygens (including phenoxy) is 2. The standard InChI is InChI=1S/C12H16N2O2.C8H8O3/c1-2-11-10(4-3-5-13-11)12(15)14-6-8-16-9-7-14;1-11-8-4-2-3-7(10)6(8)5-9/h3-5H,2,6-9H2,1H3;2-5,10H,1H3. The molecule has 0 radical (unpaired) electrons. The van der Waals surface area contributed by atoms with E-state index in [1.165, 1.54) is 13.2 Å². The number of pyridine rings is 1. The highest BCUT2D eigenvalue weighted by molar-refractivity contribution is 5.95. The van der Waals surface area contributed by atoms with E-state index in [0.29, 0.717) is 38.3 Å². The zero-order valence-corrected chi connectivity index (χ0v) is 15.6. The Morgan fingerprint density at radius 1 is 1.30 bits per heavy atom. The van der Waals surface area contributed by atoms with E-state index in [0.717, 1.165) is 17.7 Å². The molecule has 27 heavy (non-hydrogen) atoms. The van der Waals surface area contributed by atoms with E-state index in [2.05, 4.69) is 4.98 Å². The first-order chi connectivity index (χ1) is 13.1. The van der Waals surface area contributed by atoms with E-state index in [1.54, 1.807) is 18.3 Å². The van der Waals surface area contributed by atoms with Gasteiger partial charge in [0.1, 0.15) is 11.5 Å². The molecule has 2 heterocycles. The average molecular weight is 372 g/mol. The molecule has 1 aromatic heterocycles. The summed E-state index contributed by atoms with van der Waals surface area (Å²) in [6.07, 6.45) is 3.08. The van der Waals surface area contributed by atoms with Crippen LogP contribution in [0.2, 0.25) is 0 Å². The van der Waals surface area contributed by atoms with Gasteiger partial charge in [-0.05, 0) is 30.7 Å². The van der Waals surface area contributed by atoms with Gasteiger partial charge in [0.25, 0.3) is 5.91 Å². The molecule has 0 bridgehead atoms. The minimum Gasteiger partial charge on any atom is -0.507 e. The zero-order valence-electron chi connectivity index (χ0n) is 15.6. The molecule has 0 aliphatic carbocycles. The van der Waals surface area contributed by atoms with Crippen molar-refractivity contribution >= 4 is 12.2 Å². The van der Waals surface area contributed by atoms with Crippen molar-refractivity contribution in [2.24, 2.45) is 0 Å². The zero-order chi connectivity index (χ0) is 19.6. The molecular weight excluding hydrogens is 348 g/mol. The maximum atomic E-state index is 12.2. The molecule has 1 saturated heterocycles. The van der Waals surface area contributed by atoms with Gasteiger partial charge in [0.15, 0.2) is 6.29 Å². The lowest BCUT2D eigenvalue weighted by Gasteiger charge is -2.27. The second-order valence-corrected chi connectivity index (χ2v) is 5.77. The number of nitrogens with zero attached hydrogens (tertiary/aromatic N) is 2. The number of benzene rings is 1. The van der Waals surface area contributed by atoms with Crippen LogP contribution in [0.3, 0.4) is 0 Å². The van der Waals surface area contributed by atoms with Crippen molar-refractivity contribution in [3.63, 3.8) is 0 Å². The Morgan fingerprint density at radius 2 is 2.04 bits per heavy atom. The van der Waals surface area contributed by atoms with E-state index in [1.807, 2.05) is 24.0 Å². The number of morpholine rings is 1. The SMILES string of the molecule is CCc1ncccc1C(=O)N1CCOCC1.COc1cccc(O)c1C=O. The number of amides is 1. The fraction of sp³-hybridized carbons (Fsp3) is 0.350. The van der Waals surface area contributed by atoms with Crippen LogP contribution in [0.25, 0.3) is 0 Å². The highest BCUT2D eigenvalue weighted by Gasteiger charge is 2.20. The van der Waals surface area contributed by atoms with Crippen LogP contribution in [-0.2, 0) is 11.2 Å². The number of phenolic OH excluding ortho intramolecular Hbond substituents is 1. The number of phenols is 1. The fourth-order valence-corrected chi connectivity index (χ4v) is 2.68. The average Bonchev–Trinajstić information content (AvgIpc) is 2.74. The van der Waals surface area contributed by atoms with Crippen LogP contribution in [0.15, 0.2) is 36.5 Å². The van der Waals surface area contributed by atoms with Crippen molar-refractivity contribution < 1.29 is 24.2 Å². The number of methoxy groups -OCH3 is 1. The van der Waals surface area contributed by atoms with Gasteiger partial charge in [-0.15, -0.1) is 0 Å². The number of rotatable bonds is 4. The van der Waals surface area contributed by atoms with Crippen LogP contribution in [0.5, 0.6) is 11.5 Å². The molecule has 7 nitrogen and oxygen atoms in total. The fourth-order valence-electron chi connectivity index (χ4n) is 2.68. The molecular formula is C20H24N2O5. The topological polar surface area (TPSA) is 89.0 Å². The monoisotopic (exact) mass is 372 g/mol. The van der Waals surface area contributed by atoms with Gasteiger partial charge in [-0.25, -0.2) is 0 Å². The summed E-state index contributed by atoms with van der Waals surface area (Å²) in [5.41, 5.74) is 1.79. The summed E-state index contributed by atoms with van der Waals surface area (Å²) in [6, 6.07) is 8.33. The van der Waals surface area contributed by atoms with Crippen LogP contribution in [0, 0.1) is 0 Å². The molecule has 1 fully saturated rings. The van der Waals surface area contributed by atoms with Crippen LogP contribution >= 0.6 is 0 Å². The van der Waals surface area contributed by atoms with Gasteiger partial charge < -0.3 is 19.5 Å². The predicted octanol–water partition coefficient (Wildman–Crippen LogP) is 2.33. The van der Waals surface area contributed by atoms with Gasteiger partial charge in [-0.1, -0.05) is 13.0 Å². The molecule has 1 amide bonds. The summed E-state index contributed by atoms with van der Waals surface area (Å²) in [5.74, 6) is 0.410. The van der Waals surface area contributed by atoms with Crippen LogP contribution in [0.1, 0.15) is 33.3 Å². The number of carbonyl (C=O) groups excluding carboxylic acids is 2. The Labute approximate surface area is 158 Å². The molecule has 0 unspecified atom stereocenters. The van der Waals surface area contributed by atoms with Crippen molar-refractivity contribution in [2.75, 3.05) is 33.4 Å². The quantitative estimate of drug-likeness (QED) is 0.829. The molecule has 0 atom stereocenters. The number of aromatic hydroxyl groups is 1. The van der Waals surface area contributed by atoms with Gasteiger partial charge in [-0.3, -0.25) is 14.6 Å². The van der Waals surface area contributed by atoms with E-state index < -0.39 is 0 Å². The number of hydrogen-bond acceptors (Lipinski definition) is 6. The van der Waals surface area contributed by atoms with Gasteiger partial charge >= 0.3 is 0 Å². The lowest BCUT2D eigenvalue weighted by atomic mass is 10.1. The smallest absolute Gasteiger partial charge is 0.255 e. The maximum Gasteiger partial charge on any atom is 0.255 e. The third-order valence-electron chi connectivity index (χ3n) is 4.13. The Hall–Kier alpha value is -2.93. The molecule has 2 aromatic rings. The van der Waals surface area contributed by atoms with E-state index >= 15 is 0 Å². The summed E-state index contributed by atoms with van der Waals surface area (Å²) in [5, 5.41) is 9.11. The molecule has 1 aliphatic rings. The number of hydrogen-bond donors (Lipinski definition) is 1. The highest BCUT2D eigenvalue weighted by atomic mass is 16.5. The first-order valence-corrected chi connectivity index (χ1v) is 8.74. The van der Waals surface area contributed by atoms with Gasteiger partial charge in [0.05, 0.1) is 37.1 Å². The lowest BCUT2D eigenvalue weighted by Crippen LogP contribution is -2.41. The molecule has 1 N–H and O–H groups in total. The Bertz CT molecular complexity index is 773. The van der Waals surface area contributed by atoms with Crippen LogP contribution in [-0.4, -0.2) is 60.6 Å². The summed E-state index contributed by atoms with van der Waals surface area (Å²) in [4.78, 5) is 28.6. The van der Waals surface area contributed by atoms with E-state index in [-0.39, 0.29) is 17.2 Å². The minimum atomic E-state index is -0.0562. The highest BCUT2D eigenvalue weighted by Crippen LogP contribution is 2.24. The minimum absolute atomic E-state index is 0.0562. The summed E-state index contributed by atoms with van der Waals surface area (Å²) in [7, 11) is 1.45. The van der Waals surface area contributed by atoms with Gasteiger partial charge in [0, 0.05) is 19.3 Å². The molecule has 1 aliphatic heterocycles. The second-order valence-electron chi connectivity index (χ2n) is 5.77. The van der Waals surface area contributed by atoms with Crippen molar-refractivity contribution in [2.45, 2.75) is 13.3 Å². The normalized spacial score (nSPS) is 13.3. The van der Waals surface area contributed by atoms with E-state index in [9.17, 15) is 9.59 Å². The van der Waals surface area contributed by atoms with Crippen molar-refractivity contribution in [1.82, 2.24) is 9.88 Å². The summed E-state index contributed by atoms with van der Waals surface area (Å²) in [6.45, 7) is 4.63. The maximum absolute atomic E-state index is 12.2. The second kappa shape index (κ2) is 10.3. The number of carbonyl (C=O) groups is 2. The first kappa shape index (κ1) is 20.4. The Kier molecular flexibility index (Phi) is 7.76. The van der Waals surface area contributed by atoms with Crippen molar-refractivity contribution in [1.29, 1.82) is 0 Å². The number of aldehydes is 1. The van der Waals surface area contributed by atoms with E-state index in [4.69, 9.17) is 14.6 Å². The Balaban J connectivity index is 0.000000208. The lowest BCUT2D eigenvalue weighted by molar-refractivity contribution is 0.0302. The van der Waals surface area contributed by atoms with Crippen molar-refractivity contribution in [3.05, 3.63) is 53.3 Å². The summed E-state index contributed by atoms with van der Waals surface area (Å²) < 4.78 is 10.1. The largest absolute Gasteiger partial charge is 0.507 e. The van der Waals surface area contributed by atoms with Gasteiger partial charge in [-0.2, -0.15) is 0 Å². The molecule has 0 saturated carbocycles. The van der Waals surface area contributed by atoms with Crippen molar-refractivity contribution in [3.8, 4) is 11.5 Å². The number of aromatic nitrogens is 1. The molecule has 7 heteroatoms. The number of aryl methyl sites for hydroxylation is 1. The third kappa shape index (κ3) is 5.27. The predicted molar refractivity (Wildman–Crippen MR) is 100 cm³/mol. The first-order valence-electron chi connectivity index (χ1n) is 8.74.